The number of rotatable bonds is 8. The van der Waals surface area contributed by atoms with Crippen LogP contribution in [-0.2, 0) is 17.3 Å². The molecule has 17 heavy (non-hydrogen) atoms. The average Bonchev–Trinajstić information content (AvgIpc) is 2.74. The zero-order valence-corrected chi connectivity index (χ0v) is 11.3. The number of nitrogens with one attached hydrogen (secondary N) is 2. The molecule has 0 saturated heterocycles. The summed E-state index contributed by atoms with van der Waals surface area (Å²) in [5, 5.41) is 14.0. The zero-order valence-electron chi connectivity index (χ0n) is 10.5. The van der Waals surface area contributed by atoms with Gasteiger partial charge in [-0.25, -0.2) is 0 Å². The number of hydrogen-bond donors (Lipinski definition) is 2. The summed E-state index contributed by atoms with van der Waals surface area (Å²) >= 11 is 0. The summed E-state index contributed by atoms with van der Waals surface area (Å²) in [5.74, 6) is 0.561. The second-order valence-corrected chi connectivity index (χ2v) is 5.67. The van der Waals surface area contributed by atoms with E-state index in [1.807, 2.05) is 6.92 Å². The van der Waals surface area contributed by atoms with Crippen LogP contribution in [0.5, 0.6) is 0 Å². The van der Waals surface area contributed by atoms with Gasteiger partial charge >= 0.3 is 6.01 Å². The summed E-state index contributed by atoms with van der Waals surface area (Å²) in [6.07, 6.45) is 2.75. The van der Waals surface area contributed by atoms with Crippen molar-refractivity contribution < 1.29 is 8.63 Å². The molecular weight excluding hydrogens is 240 g/mol. The van der Waals surface area contributed by atoms with Crippen LogP contribution in [0, 0.1) is 0 Å². The van der Waals surface area contributed by atoms with E-state index in [1.165, 1.54) is 0 Å². The molecule has 1 rings (SSSR count). The molecule has 0 spiro atoms. The molecule has 98 valence electrons. The lowest BCUT2D eigenvalue weighted by Gasteiger charge is -2.06. The van der Waals surface area contributed by atoms with E-state index in [9.17, 15) is 4.21 Å². The number of anilines is 1. The van der Waals surface area contributed by atoms with Crippen molar-refractivity contribution in [2.24, 2.45) is 0 Å². The predicted octanol–water partition coefficient (Wildman–Crippen LogP) is 0.748. The fourth-order valence-corrected chi connectivity index (χ4v) is 1.44. The number of aromatic nitrogens is 2. The van der Waals surface area contributed by atoms with E-state index < -0.39 is 10.8 Å². The van der Waals surface area contributed by atoms with Crippen molar-refractivity contribution in [3.8, 4) is 0 Å². The fourth-order valence-electron chi connectivity index (χ4n) is 1.12. The van der Waals surface area contributed by atoms with Crippen molar-refractivity contribution in [3.63, 3.8) is 0 Å². The van der Waals surface area contributed by atoms with Crippen LogP contribution in [0.15, 0.2) is 4.42 Å². The third-order valence-corrected chi connectivity index (χ3v) is 3.58. The smallest absolute Gasteiger partial charge is 0.315 e. The molecule has 1 heterocycles. The van der Waals surface area contributed by atoms with E-state index in [0.29, 0.717) is 25.0 Å². The zero-order chi connectivity index (χ0) is 12.7. The molecule has 0 aliphatic rings. The molecule has 0 bridgehead atoms. The van der Waals surface area contributed by atoms with Crippen molar-refractivity contribution in [2.45, 2.75) is 32.1 Å². The van der Waals surface area contributed by atoms with Crippen LogP contribution in [0.1, 0.15) is 26.2 Å². The largest absolute Gasteiger partial charge is 0.407 e. The maximum absolute atomic E-state index is 11.1. The highest BCUT2D eigenvalue weighted by Gasteiger charge is 2.09. The molecule has 1 aromatic heterocycles. The van der Waals surface area contributed by atoms with Crippen LogP contribution < -0.4 is 10.6 Å². The molecule has 0 aliphatic heterocycles. The van der Waals surface area contributed by atoms with E-state index in [-0.39, 0.29) is 5.25 Å². The molecule has 7 heteroatoms. The SMILES string of the molecule is CCCNCc1nnc(NCC(C)S(C)=O)o1. The second-order valence-electron chi connectivity index (χ2n) is 3.87. The Morgan fingerprint density at radius 1 is 1.47 bits per heavy atom. The minimum absolute atomic E-state index is 0.0589. The molecule has 0 aromatic carbocycles. The van der Waals surface area contributed by atoms with Crippen molar-refractivity contribution >= 4 is 16.8 Å². The van der Waals surface area contributed by atoms with Gasteiger partial charge in [-0.05, 0) is 19.9 Å². The summed E-state index contributed by atoms with van der Waals surface area (Å²) < 4.78 is 16.5. The molecule has 0 fully saturated rings. The molecule has 2 unspecified atom stereocenters. The monoisotopic (exact) mass is 260 g/mol. The van der Waals surface area contributed by atoms with Crippen molar-refractivity contribution in [1.82, 2.24) is 15.5 Å². The quantitative estimate of drug-likeness (QED) is 0.671. The lowest BCUT2D eigenvalue weighted by Crippen LogP contribution is -2.20. The molecule has 0 radical (unpaired) electrons. The van der Waals surface area contributed by atoms with Crippen molar-refractivity contribution in [2.75, 3.05) is 24.7 Å². The normalized spacial score (nSPS) is 14.5. The third-order valence-electron chi connectivity index (χ3n) is 2.28. The molecular formula is C10H20N4O2S. The Bertz CT molecular complexity index is 356. The highest BCUT2D eigenvalue weighted by Crippen LogP contribution is 2.05. The Labute approximate surface area is 104 Å². The van der Waals surface area contributed by atoms with Crippen LogP contribution in [0.3, 0.4) is 0 Å². The summed E-state index contributed by atoms with van der Waals surface area (Å²) in [5.41, 5.74) is 0. The summed E-state index contributed by atoms with van der Waals surface area (Å²) in [6.45, 7) is 6.07. The highest BCUT2D eigenvalue weighted by molar-refractivity contribution is 7.84. The first-order valence-corrected chi connectivity index (χ1v) is 7.34. The summed E-state index contributed by atoms with van der Waals surface area (Å²) in [4.78, 5) is 0. The summed E-state index contributed by atoms with van der Waals surface area (Å²) in [7, 11) is -0.848. The van der Waals surface area contributed by atoms with Gasteiger partial charge in [0.2, 0.25) is 5.89 Å². The highest BCUT2D eigenvalue weighted by atomic mass is 32.2. The first kappa shape index (κ1) is 14.1. The fraction of sp³-hybridized carbons (Fsp3) is 0.800. The molecule has 6 nitrogen and oxygen atoms in total. The topological polar surface area (TPSA) is 80.0 Å². The lowest BCUT2D eigenvalue weighted by atomic mass is 10.5. The lowest BCUT2D eigenvalue weighted by molar-refractivity contribution is 0.477. The van der Waals surface area contributed by atoms with E-state index in [2.05, 4.69) is 27.8 Å². The Balaban J connectivity index is 2.32. The van der Waals surface area contributed by atoms with Gasteiger partial charge in [0.05, 0.1) is 6.54 Å². The van der Waals surface area contributed by atoms with Crippen molar-refractivity contribution in [3.05, 3.63) is 5.89 Å². The van der Waals surface area contributed by atoms with Crippen LogP contribution in [0.2, 0.25) is 0 Å². The van der Waals surface area contributed by atoms with Gasteiger partial charge in [-0.1, -0.05) is 12.0 Å². The van der Waals surface area contributed by atoms with E-state index in [0.717, 1.165) is 13.0 Å². The minimum Gasteiger partial charge on any atom is -0.407 e. The summed E-state index contributed by atoms with van der Waals surface area (Å²) in [6, 6.07) is 0.385. The Kier molecular flexibility index (Phi) is 6.13. The van der Waals surface area contributed by atoms with E-state index in [1.54, 1.807) is 6.26 Å². The van der Waals surface area contributed by atoms with Gasteiger partial charge in [0.25, 0.3) is 0 Å². The van der Waals surface area contributed by atoms with E-state index >= 15 is 0 Å². The Morgan fingerprint density at radius 3 is 2.88 bits per heavy atom. The predicted molar refractivity (Wildman–Crippen MR) is 68.3 cm³/mol. The van der Waals surface area contributed by atoms with Crippen LogP contribution in [-0.4, -0.2) is 39.0 Å². The minimum atomic E-state index is -0.848. The van der Waals surface area contributed by atoms with Crippen LogP contribution in [0.4, 0.5) is 6.01 Å². The van der Waals surface area contributed by atoms with Gasteiger partial charge < -0.3 is 15.1 Å². The molecule has 2 atom stereocenters. The maximum Gasteiger partial charge on any atom is 0.315 e. The van der Waals surface area contributed by atoms with Gasteiger partial charge in [0.1, 0.15) is 0 Å². The molecule has 2 N–H and O–H groups in total. The van der Waals surface area contributed by atoms with Gasteiger partial charge in [-0.15, -0.1) is 5.10 Å². The Morgan fingerprint density at radius 2 is 2.24 bits per heavy atom. The molecule has 1 aromatic rings. The first-order chi connectivity index (χ1) is 8.13. The Hall–Kier alpha value is -0.950. The van der Waals surface area contributed by atoms with Gasteiger partial charge in [-0.3, -0.25) is 4.21 Å². The van der Waals surface area contributed by atoms with Gasteiger partial charge in [-0.2, -0.15) is 0 Å². The number of nitrogens with zero attached hydrogens (tertiary/aromatic N) is 2. The van der Waals surface area contributed by atoms with Crippen LogP contribution in [0.25, 0.3) is 0 Å². The standard InChI is InChI=1S/C10H20N4O2S/c1-4-5-11-7-9-13-14-10(16-9)12-6-8(2)17(3)15/h8,11H,4-7H2,1-3H3,(H,12,14). The first-order valence-electron chi connectivity index (χ1n) is 5.72. The van der Waals surface area contributed by atoms with Gasteiger partial charge in [0, 0.05) is 28.9 Å². The van der Waals surface area contributed by atoms with E-state index in [4.69, 9.17) is 4.42 Å². The second kappa shape index (κ2) is 7.39. The van der Waals surface area contributed by atoms with Gasteiger partial charge in [0.15, 0.2) is 0 Å². The number of hydrogen-bond acceptors (Lipinski definition) is 6. The third kappa shape index (κ3) is 5.27. The molecule has 0 amide bonds. The van der Waals surface area contributed by atoms with Crippen molar-refractivity contribution in [1.29, 1.82) is 0 Å². The van der Waals surface area contributed by atoms with Crippen LogP contribution >= 0.6 is 0 Å². The maximum atomic E-state index is 11.1. The molecule has 0 aliphatic carbocycles. The average molecular weight is 260 g/mol. The molecule has 0 saturated carbocycles.